The van der Waals surface area contributed by atoms with Gasteiger partial charge in [0.15, 0.2) is 0 Å². The van der Waals surface area contributed by atoms with Gasteiger partial charge in [-0.05, 0) is 36.5 Å². The van der Waals surface area contributed by atoms with Crippen molar-refractivity contribution in [2.45, 2.75) is 26.7 Å². The maximum absolute atomic E-state index is 11.2. The first-order chi connectivity index (χ1) is 8.99. The summed E-state index contributed by atoms with van der Waals surface area (Å²) in [4.78, 5) is 11.2. The SMILES string of the molecule is CC(C)COCCC(Cc1ccc(Br)cc1)C(=O)O. The molecule has 106 valence electrons. The van der Waals surface area contributed by atoms with Crippen molar-refractivity contribution in [1.29, 1.82) is 0 Å². The van der Waals surface area contributed by atoms with E-state index < -0.39 is 5.97 Å². The van der Waals surface area contributed by atoms with Gasteiger partial charge < -0.3 is 9.84 Å². The Kier molecular flexibility index (Phi) is 7.10. The Labute approximate surface area is 123 Å². The molecule has 0 fully saturated rings. The number of carboxylic acid groups (broad SMARTS) is 1. The molecule has 0 aliphatic carbocycles. The van der Waals surface area contributed by atoms with Crippen molar-refractivity contribution >= 4 is 21.9 Å². The van der Waals surface area contributed by atoms with Crippen LogP contribution in [0.1, 0.15) is 25.8 Å². The van der Waals surface area contributed by atoms with Crippen LogP contribution < -0.4 is 0 Å². The van der Waals surface area contributed by atoms with Crippen molar-refractivity contribution in [3.8, 4) is 0 Å². The highest BCUT2D eigenvalue weighted by molar-refractivity contribution is 9.10. The molecule has 1 aromatic rings. The van der Waals surface area contributed by atoms with Gasteiger partial charge in [0.25, 0.3) is 0 Å². The number of halogens is 1. The lowest BCUT2D eigenvalue weighted by Crippen LogP contribution is -2.19. The normalized spacial score (nSPS) is 12.6. The van der Waals surface area contributed by atoms with E-state index in [1.165, 1.54) is 0 Å². The van der Waals surface area contributed by atoms with Crippen LogP contribution in [-0.4, -0.2) is 24.3 Å². The van der Waals surface area contributed by atoms with Gasteiger partial charge >= 0.3 is 5.97 Å². The molecule has 0 saturated heterocycles. The minimum atomic E-state index is -0.754. The number of carbonyl (C=O) groups is 1. The van der Waals surface area contributed by atoms with E-state index in [1.807, 2.05) is 24.3 Å². The van der Waals surface area contributed by atoms with E-state index in [1.54, 1.807) is 0 Å². The largest absolute Gasteiger partial charge is 0.481 e. The summed E-state index contributed by atoms with van der Waals surface area (Å²) in [5, 5.41) is 9.23. The molecule has 4 heteroatoms. The van der Waals surface area contributed by atoms with Crippen LogP contribution in [0.15, 0.2) is 28.7 Å². The maximum Gasteiger partial charge on any atom is 0.306 e. The molecule has 1 rings (SSSR count). The van der Waals surface area contributed by atoms with Crippen LogP contribution in [0, 0.1) is 11.8 Å². The zero-order chi connectivity index (χ0) is 14.3. The Bertz CT molecular complexity index is 387. The molecule has 0 amide bonds. The molecule has 1 aromatic carbocycles. The van der Waals surface area contributed by atoms with Gasteiger partial charge in [-0.2, -0.15) is 0 Å². The smallest absolute Gasteiger partial charge is 0.306 e. The first-order valence-electron chi connectivity index (χ1n) is 6.54. The summed E-state index contributed by atoms with van der Waals surface area (Å²) in [5.41, 5.74) is 1.04. The van der Waals surface area contributed by atoms with Crippen LogP contribution in [-0.2, 0) is 16.0 Å². The van der Waals surface area contributed by atoms with Crippen LogP contribution in [0.3, 0.4) is 0 Å². The quantitative estimate of drug-likeness (QED) is 0.739. The van der Waals surface area contributed by atoms with Gasteiger partial charge in [0.1, 0.15) is 0 Å². The van der Waals surface area contributed by atoms with E-state index in [0.29, 0.717) is 32.0 Å². The van der Waals surface area contributed by atoms with Crippen molar-refractivity contribution in [3.63, 3.8) is 0 Å². The molecule has 3 nitrogen and oxygen atoms in total. The number of aliphatic carboxylic acids is 1. The van der Waals surface area contributed by atoms with Crippen molar-refractivity contribution in [2.75, 3.05) is 13.2 Å². The third kappa shape index (κ3) is 6.73. The molecule has 0 bridgehead atoms. The van der Waals surface area contributed by atoms with Gasteiger partial charge in [0, 0.05) is 17.7 Å². The van der Waals surface area contributed by atoms with Crippen molar-refractivity contribution < 1.29 is 14.6 Å². The van der Waals surface area contributed by atoms with Crippen molar-refractivity contribution in [1.82, 2.24) is 0 Å². The van der Waals surface area contributed by atoms with E-state index in [0.717, 1.165) is 10.0 Å². The summed E-state index contributed by atoms with van der Waals surface area (Å²) >= 11 is 3.37. The minimum Gasteiger partial charge on any atom is -0.481 e. The summed E-state index contributed by atoms with van der Waals surface area (Å²) < 4.78 is 6.46. The first kappa shape index (κ1) is 16.2. The molecule has 0 aromatic heterocycles. The lowest BCUT2D eigenvalue weighted by atomic mass is 9.97. The molecule has 0 saturated carbocycles. The summed E-state index contributed by atoms with van der Waals surface area (Å²) in [6, 6.07) is 7.77. The molecular weight excluding hydrogens is 308 g/mol. The predicted molar refractivity (Wildman–Crippen MR) is 79.2 cm³/mol. The Balaban J connectivity index is 2.44. The number of rotatable bonds is 8. The van der Waals surface area contributed by atoms with Crippen LogP contribution in [0.4, 0.5) is 0 Å². The summed E-state index contributed by atoms with van der Waals surface area (Å²) in [6.45, 7) is 5.35. The van der Waals surface area contributed by atoms with Crippen LogP contribution in [0.5, 0.6) is 0 Å². The van der Waals surface area contributed by atoms with Crippen LogP contribution in [0.2, 0.25) is 0 Å². The highest BCUT2D eigenvalue weighted by Gasteiger charge is 2.17. The lowest BCUT2D eigenvalue weighted by Gasteiger charge is -2.13. The average Bonchev–Trinajstić information content (AvgIpc) is 2.35. The van der Waals surface area contributed by atoms with Crippen molar-refractivity contribution in [2.24, 2.45) is 11.8 Å². The van der Waals surface area contributed by atoms with Crippen LogP contribution in [0.25, 0.3) is 0 Å². The fraction of sp³-hybridized carbons (Fsp3) is 0.533. The minimum absolute atomic E-state index is 0.381. The van der Waals surface area contributed by atoms with Gasteiger partial charge in [0.05, 0.1) is 5.92 Å². The second kappa shape index (κ2) is 8.33. The lowest BCUT2D eigenvalue weighted by molar-refractivity contribution is -0.142. The molecule has 0 aliphatic heterocycles. The van der Waals surface area contributed by atoms with Gasteiger partial charge in [-0.25, -0.2) is 0 Å². The number of hydrogen-bond acceptors (Lipinski definition) is 2. The molecule has 0 aliphatic rings. The van der Waals surface area contributed by atoms with E-state index in [-0.39, 0.29) is 5.92 Å². The number of benzene rings is 1. The summed E-state index contributed by atoms with van der Waals surface area (Å²) in [6.07, 6.45) is 1.10. The molecule has 19 heavy (non-hydrogen) atoms. The zero-order valence-electron chi connectivity index (χ0n) is 11.4. The third-order valence-corrected chi connectivity index (χ3v) is 3.34. The molecule has 0 heterocycles. The van der Waals surface area contributed by atoms with E-state index in [4.69, 9.17) is 4.74 Å². The predicted octanol–water partition coefficient (Wildman–Crippen LogP) is 3.76. The number of ether oxygens (including phenoxy) is 1. The zero-order valence-corrected chi connectivity index (χ0v) is 13.0. The molecular formula is C15H21BrO3. The molecule has 0 spiro atoms. The molecule has 1 N–H and O–H groups in total. The Morgan fingerprint density at radius 3 is 2.47 bits per heavy atom. The Morgan fingerprint density at radius 2 is 1.95 bits per heavy atom. The first-order valence-corrected chi connectivity index (χ1v) is 7.33. The van der Waals surface area contributed by atoms with E-state index in [9.17, 15) is 9.90 Å². The second-order valence-electron chi connectivity index (χ2n) is 5.12. The number of hydrogen-bond donors (Lipinski definition) is 1. The third-order valence-electron chi connectivity index (χ3n) is 2.81. The van der Waals surface area contributed by atoms with Crippen molar-refractivity contribution in [3.05, 3.63) is 34.3 Å². The average molecular weight is 329 g/mol. The monoisotopic (exact) mass is 328 g/mol. The van der Waals surface area contributed by atoms with Gasteiger partial charge in [-0.15, -0.1) is 0 Å². The topological polar surface area (TPSA) is 46.5 Å². The number of carboxylic acids is 1. The van der Waals surface area contributed by atoms with Gasteiger partial charge in [0.2, 0.25) is 0 Å². The fourth-order valence-corrected chi connectivity index (χ4v) is 2.03. The standard InChI is InChI=1S/C15H21BrO3/c1-11(2)10-19-8-7-13(15(17)18)9-12-3-5-14(16)6-4-12/h3-6,11,13H,7-10H2,1-2H3,(H,17,18). The molecule has 1 unspecified atom stereocenters. The van der Waals surface area contributed by atoms with Gasteiger partial charge in [-0.3, -0.25) is 4.79 Å². The maximum atomic E-state index is 11.2. The van der Waals surface area contributed by atoms with Gasteiger partial charge in [-0.1, -0.05) is 41.9 Å². The summed E-state index contributed by atoms with van der Waals surface area (Å²) in [7, 11) is 0. The Morgan fingerprint density at radius 1 is 1.32 bits per heavy atom. The second-order valence-corrected chi connectivity index (χ2v) is 6.04. The van der Waals surface area contributed by atoms with E-state index in [2.05, 4.69) is 29.8 Å². The Hall–Kier alpha value is -0.870. The molecule has 1 atom stereocenters. The van der Waals surface area contributed by atoms with Crippen LogP contribution >= 0.6 is 15.9 Å². The highest BCUT2D eigenvalue weighted by atomic mass is 79.9. The fourth-order valence-electron chi connectivity index (χ4n) is 1.76. The summed E-state index contributed by atoms with van der Waals surface area (Å²) in [5.74, 6) is -0.654. The van der Waals surface area contributed by atoms with E-state index >= 15 is 0 Å². The highest BCUT2D eigenvalue weighted by Crippen LogP contribution is 2.16. The molecule has 0 radical (unpaired) electrons.